The van der Waals surface area contributed by atoms with Gasteiger partial charge in [-0.3, -0.25) is 9.59 Å². The van der Waals surface area contributed by atoms with E-state index in [-0.39, 0.29) is 23.5 Å². The normalized spacial score (nSPS) is 10.3. The summed E-state index contributed by atoms with van der Waals surface area (Å²) >= 11 is 3.43. The van der Waals surface area contributed by atoms with Gasteiger partial charge in [0.05, 0.1) is 5.69 Å². The minimum Gasteiger partial charge on any atom is -0.325 e. The molecule has 6 heteroatoms. The first kappa shape index (κ1) is 18.0. The van der Waals surface area contributed by atoms with Crippen molar-refractivity contribution in [2.24, 2.45) is 0 Å². The molecular formula is C18H18BrN3O2. The molecule has 1 amide bonds. The highest BCUT2D eigenvalue weighted by Gasteiger charge is 2.14. The molecule has 1 aromatic heterocycles. The number of aromatic nitrogens is 1. The molecule has 0 atom stereocenters. The number of nitriles is 1. The molecule has 0 unspecified atom stereocenters. The van der Waals surface area contributed by atoms with Crippen LogP contribution in [0.2, 0.25) is 0 Å². The Morgan fingerprint density at radius 3 is 2.67 bits per heavy atom. The second-order valence-corrected chi connectivity index (χ2v) is 6.56. The molecule has 0 fully saturated rings. The van der Waals surface area contributed by atoms with E-state index in [1.54, 1.807) is 13.8 Å². The highest BCUT2D eigenvalue weighted by Crippen LogP contribution is 2.24. The van der Waals surface area contributed by atoms with Crippen molar-refractivity contribution < 1.29 is 4.79 Å². The van der Waals surface area contributed by atoms with Gasteiger partial charge in [0.2, 0.25) is 5.91 Å². The summed E-state index contributed by atoms with van der Waals surface area (Å²) in [4.78, 5) is 26.6. The highest BCUT2D eigenvalue weighted by molar-refractivity contribution is 9.10. The molecule has 124 valence electrons. The Labute approximate surface area is 148 Å². The van der Waals surface area contributed by atoms with Gasteiger partial charge in [-0.2, -0.15) is 5.26 Å². The van der Waals surface area contributed by atoms with Crippen molar-refractivity contribution in [1.82, 2.24) is 4.98 Å². The predicted molar refractivity (Wildman–Crippen MR) is 97.1 cm³/mol. The molecule has 1 heterocycles. The average molecular weight is 388 g/mol. The summed E-state index contributed by atoms with van der Waals surface area (Å²) in [6.45, 7) is 5.49. The number of carbonyl (C=O) groups excluding carboxylic acids is 1. The van der Waals surface area contributed by atoms with Crippen LogP contribution in [0, 0.1) is 32.1 Å². The number of nitrogens with one attached hydrogen (secondary N) is 2. The molecule has 0 saturated carbocycles. The standard InChI is InChI=1S/C18H18BrN3O2/c1-10-4-6-16(15(19)8-10)22-17(23)7-5-13-11(2)14(9-20)18(24)21-12(13)3/h4,6,8H,5,7H2,1-3H3,(H,21,24)(H,22,23). The monoisotopic (exact) mass is 387 g/mol. The first-order valence-corrected chi connectivity index (χ1v) is 8.31. The lowest BCUT2D eigenvalue weighted by Gasteiger charge is -2.12. The lowest BCUT2D eigenvalue weighted by molar-refractivity contribution is -0.116. The fourth-order valence-corrected chi connectivity index (χ4v) is 3.19. The average Bonchev–Trinajstić information content (AvgIpc) is 2.50. The van der Waals surface area contributed by atoms with E-state index < -0.39 is 0 Å². The van der Waals surface area contributed by atoms with E-state index in [2.05, 4.69) is 26.2 Å². The van der Waals surface area contributed by atoms with Gasteiger partial charge in [-0.05, 0) is 71.9 Å². The third kappa shape index (κ3) is 3.92. The Balaban J connectivity index is 2.12. The van der Waals surface area contributed by atoms with Crippen molar-refractivity contribution in [3.05, 3.63) is 61.0 Å². The number of nitrogens with zero attached hydrogens (tertiary/aromatic N) is 1. The largest absolute Gasteiger partial charge is 0.325 e. The summed E-state index contributed by atoms with van der Waals surface area (Å²) in [5.74, 6) is -0.122. The van der Waals surface area contributed by atoms with E-state index in [9.17, 15) is 9.59 Å². The number of amides is 1. The number of halogens is 1. The van der Waals surface area contributed by atoms with Crippen LogP contribution in [0.25, 0.3) is 0 Å². The van der Waals surface area contributed by atoms with E-state index in [0.29, 0.717) is 17.7 Å². The van der Waals surface area contributed by atoms with E-state index >= 15 is 0 Å². The number of pyridine rings is 1. The zero-order chi connectivity index (χ0) is 17.9. The van der Waals surface area contributed by atoms with Crippen LogP contribution in [0.3, 0.4) is 0 Å². The molecule has 0 radical (unpaired) electrons. The van der Waals surface area contributed by atoms with Crippen LogP contribution in [0.1, 0.15) is 34.4 Å². The molecule has 0 spiro atoms. The van der Waals surface area contributed by atoms with E-state index in [1.807, 2.05) is 31.2 Å². The van der Waals surface area contributed by atoms with Crippen molar-refractivity contribution in [3.8, 4) is 6.07 Å². The predicted octanol–water partition coefficient (Wildman–Crippen LogP) is 3.51. The molecule has 2 aromatic rings. The Morgan fingerprint density at radius 1 is 1.33 bits per heavy atom. The number of benzene rings is 1. The molecule has 5 nitrogen and oxygen atoms in total. The van der Waals surface area contributed by atoms with Crippen LogP contribution in [-0.2, 0) is 11.2 Å². The maximum Gasteiger partial charge on any atom is 0.266 e. The summed E-state index contributed by atoms with van der Waals surface area (Å²) in [5, 5.41) is 11.9. The topological polar surface area (TPSA) is 85.8 Å². The minimum atomic E-state index is -0.385. The lowest BCUT2D eigenvalue weighted by Crippen LogP contribution is -2.18. The third-order valence-corrected chi connectivity index (χ3v) is 4.58. The summed E-state index contributed by atoms with van der Waals surface area (Å²) in [6.07, 6.45) is 0.720. The van der Waals surface area contributed by atoms with Crippen molar-refractivity contribution in [3.63, 3.8) is 0 Å². The van der Waals surface area contributed by atoms with Crippen molar-refractivity contribution >= 4 is 27.5 Å². The van der Waals surface area contributed by atoms with Gasteiger partial charge in [0.15, 0.2) is 0 Å². The van der Waals surface area contributed by atoms with Crippen LogP contribution in [-0.4, -0.2) is 10.9 Å². The molecule has 0 aliphatic carbocycles. The maximum atomic E-state index is 12.2. The van der Waals surface area contributed by atoms with Crippen LogP contribution in [0.15, 0.2) is 27.5 Å². The third-order valence-electron chi connectivity index (χ3n) is 3.92. The zero-order valence-electron chi connectivity index (χ0n) is 13.8. The van der Waals surface area contributed by atoms with Gasteiger partial charge in [-0.1, -0.05) is 6.07 Å². The zero-order valence-corrected chi connectivity index (χ0v) is 15.4. The van der Waals surface area contributed by atoms with Crippen molar-refractivity contribution in [1.29, 1.82) is 5.26 Å². The number of hydrogen-bond donors (Lipinski definition) is 2. The van der Waals surface area contributed by atoms with Gasteiger partial charge >= 0.3 is 0 Å². The van der Waals surface area contributed by atoms with Crippen LogP contribution in [0.5, 0.6) is 0 Å². The lowest BCUT2D eigenvalue weighted by atomic mass is 9.99. The highest BCUT2D eigenvalue weighted by atomic mass is 79.9. The van der Waals surface area contributed by atoms with E-state index in [4.69, 9.17) is 5.26 Å². The number of aryl methyl sites for hydroxylation is 2. The Morgan fingerprint density at radius 2 is 2.04 bits per heavy atom. The number of hydrogen-bond acceptors (Lipinski definition) is 3. The SMILES string of the molecule is Cc1ccc(NC(=O)CCc2c(C)[nH]c(=O)c(C#N)c2C)c(Br)c1. The molecular weight excluding hydrogens is 370 g/mol. The van der Waals surface area contributed by atoms with Crippen molar-refractivity contribution in [2.45, 2.75) is 33.6 Å². The van der Waals surface area contributed by atoms with Gasteiger partial charge in [-0.15, -0.1) is 0 Å². The minimum absolute atomic E-state index is 0.109. The smallest absolute Gasteiger partial charge is 0.266 e. The molecule has 1 aromatic carbocycles. The Hall–Kier alpha value is -2.39. The quantitative estimate of drug-likeness (QED) is 0.841. The van der Waals surface area contributed by atoms with E-state index in [1.165, 1.54) is 0 Å². The van der Waals surface area contributed by atoms with Gasteiger partial charge in [-0.25, -0.2) is 0 Å². The molecule has 0 saturated heterocycles. The van der Waals surface area contributed by atoms with Gasteiger partial charge in [0.25, 0.3) is 5.56 Å². The first-order chi connectivity index (χ1) is 11.3. The summed E-state index contributed by atoms with van der Waals surface area (Å²) in [7, 11) is 0. The molecule has 0 aliphatic rings. The van der Waals surface area contributed by atoms with Crippen LogP contribution >= 0.6 is 15.9 Å². The Bertz CT molecular complexity index is 894. The van der Waals surface area contributed by atoms with Crippen LogP contribution < -0.4 is 10.9 Å². The summed E-state index contributed by atoms with van der Waals surface area (Å²) in [5.41, 5.74) is 3.72. The van der Waals surface area contributed by atoms with E-state index in [0.717, 1.165) is 21.3 Å². The second kappa shape index (κ2) is 7.45. The molecule has 2 N–H and O–H groups in total. The first-order valence-electron chi connectivity index (χ1n) is 7.52. The van der Waals surface area contributed by atoms with Gasteiger partial charge < -0.3 is 10.3 Å². The molecule has 24 heavy (non-hydrogen) atoms. The van der Waals surface area contributed by atoms with Gasteiger partial charge in [0, 0.05) is 16.6 Å². The second-order valence-electron chi connectivity index (χ2n) is 5.70. The number of carbonyl (C=O) groups is 1. The molecule has 0 aliphatic heterocycles. The van der Waals surface area contributed by atoms with Crippen molar-refractivity contribution in [2.75, 3.05) is 5.32 Å². The van der Waals surface area contributed by atoms with Gasteiger partial charge in [0.1, 0.15) is 11.6 Å². The Kier molecular flexibility index (Phi) is 5.58. The number of rotatable bonds is 4. The number of anilines is 1. The fraction of sp³-hybridized carbons (Fsp3) is 0.278. The maximum absolute atomic E-state index is 12.2. The summed E-state index contributed by atoms with van der Waals surface area (Å²) < 4.78 is 0.832. The number of aromatic amines is 1. The fourth-order valence-electron chi connectivity index (χ4n) is 2.59. The summed E-state index contributed by atoms with van der Waals surface area (Å²) in [6, 6.07) is 7.63. The molecule has 0 bridgehead atoms. The van der Waals surface area contributed by atoms with Crippen LogP contribution in [0.4, 0.5) is 5.69 Å². The number of H-pyrrole nitrogens is 1. The molecule has 2 rings (SSSR count).